The Morgan fingerprint density at radius 2 is 1.89 bits per heavy atom. The summed E-state index contributed by atoms with van der Waals surface area (Å²) < 4.78 is 5.06. The number of benzene rings is 1. The maximum absolute atomic E-state index is 12.1. The van der Waals surface area contributed by atoms with E-state index in [0.29, 0.717) is 0 Å². The zero-order valence-electron chi connectivity index (χ0n) is 11.4. The largest absolute Gasteiger partial charge is 0.497 e. The van der Waals surface area contributed by atoms with E-state index in [4.69, 9.17) is 9.84 Å². The molecule has 0 aliphatic rings. The number of rotatable bonds is 6. The number of carbonyl (C=O) groups is 2. The Labute approximate surface area is 112 Å². The number of hydrogen-bond acceptors (Lipinski definition) is 3. The maximum atomic E-state index is 12.1. The zero-order valence-corrected chi connectivity index (χ0v) is 11.4. The zero-order chi connectivity index (χ0) is 14.4. The first-order chi connectivity index (χ1) is 8.95. The van der Waals surface area contributed by atoms with Crippen LogP contribution in [0.5, 0.6) is 5.75 Å². The molecule has 5 heteroatoms. The van der Waals surface area contributed by atoms with Gasteiger partial charge in [-0.2, -0.15) is 0 Å². The number of amides is 1. The van der Waals surface area contributed by atoms with Crippen LogP contribution in [-0.2, 0) is 9.59 Å². The van der Waals surface area contributed by atoms with Gasteiger partial charge in [0.15, 0.2) is 0 Å². The van der Waals surface area contributed by atoms with Crippen LogP contribution in [0.3, 0.4) is 0 Å². The van der Waals surface area contributed by atoms with Crippen molar-refractivity contribution < 1.29 is 19.4 Å². The van der Waals surface area contributed by atoms with Crippen molar-refractivity contribution in [3.63, 3.8) is 0 Å². The molecule has 0 aromatic heterocycles. The number of aliphatic carboxylic acids is 1. The van der Waals surface area contributed by atoms with Crippen LogP contribution in [0.2, 0.25) is 0 Å². The van der Waals surface area contributed by atoms with E-state index in [1.807, 2.05) is 12.1 Å². The van der Waals surface area contributed by atoms with Gasteiger partial charge in [0.1, 0.15) is 5.75 Å². The molecule has 1 N–H and O–H groups in total. The highest BCUT2D eigenvalue weighted by Gasteiger charge is 2.19. The molecule has 0 radical (unpaired) electrons. The second-order valence-corrected chi connectivity index (χ2v) is 4.40. The lowest BCUT2D eigenvalue weighted by molar-refractivity contribution is -0.138. The number of methoxy groups -OCH3 is 1. The smallest absolute Gasteiger partial charge is 0.305 e. The van der Waals surface area contributed by atoms with Crippen LogP contribution in [-0.4, -0.2) is 42.6 Å². The van der Waals surface area contributed by atoms with E-state index < -0.39 is 5.97 Å². The second kappa shape index (κ2) is 6.78. The number of hydrogen-bond donors (Lipinski definition) is 1. The van der Waals surface area contributed by atoms with E-state index in [0.717, 1.165) is 11.3 Å². The van der Waals surface area contributed by atoms with E-state index in [-0.39, 0.29) is 24.8 Å². The summed E-state index contributed by atoms with van der Waals surface area (Å²) in [6.45, 7) is 2.02. The standard InChI is InChI=1S/C14H19NO4/c1-10(11-4-6-12(19-3)7-5-11)14(18)15(2)9-8-13(16)17/h4-7,10H,8-9H2,1-3H3,(H,16,17). The fourth-order valence-electron chi connectivity index (χ4n) is 1.74. The highest BCUT2D eigenvalue weighted by Crippen LogP contribution is 2.20. The summed E-state index contributed by atoms with van der Waals surface area (Å²) in [4.78, 5) is 24.0. The fourth-order valence-corrected chi connectivity index (χ4v) is 1.74. The van der Waals surface area contributed by atoms with Crippen LogP contribution in [0.15, 0.2) is 24.3 Å². The molecule has 1 unspecified atom stereocenters. The van der Waals surface area contributed by atoms with Gasteiger partial charge in [-0.1, -0.05) is 12.1 Å². The van der Waals surface area contributed by atoms with Gasteiger partial charge in [0.05, 0.1) is 19.4 Å². The lowest BCUT2D eigenvalue weighted by atomic mass is 9.99. The Morgan fingerprint density at radius 3 is 2.37 bits per heavy atom. The number of ether oxygens (including phenoxy) is 1. The Hall–Kier alpha value is -2.04. The number of nitrogens with zero attached hydrogens (tertiary/aromatic N) is 1. The summed E-state index contributed by atoms with van der Waals surface area (Å²) in [6.07, 6.45) is -0.0441. The minimum Gasteiger partial charge on any atom is -0.497 e. The number of carbonyl (C=O) groups excluding carboxylic acids is 1. The third kappa shape index (κ3) is 4.28. The SMILES string of the molecule is COc1ccc(C(C)C(=O)N(C)CCC(=O)O)cc1. The van der Waals surface area contributed by atoms with Gasteiger partial charge in [-0.25, -0.2) is 0 Å². The predicted molar refractivity (Wildman–Crippen MR) is 71.3 cm³/mol. The van der Waals surface area contributed by atoms with E-state index >= 15 is 0 Å². The van der Waals surface area contributed by atoms with Gasteiger partial charge in [-0.15, -0.1) is 0 Å². The van der Waals surface area contributed by atoms with Crippen LogP contribution in [0, 0.1) is 0 Å². The number of carboxylic acid groups (broad SMARTS) is 1. The van der Waals surface area contributed by atoms with Crippen molar-refractivity contribution in [2.45, 2.75) is 19.3 Å². The molecule has 104 valence electrons. The summed E-state index contributed by atoms with van der Waals surface area (Å²) in [7, 11) is 3.20. The van der Waals surface area contributed by atoms with Crippen LogP contribution < -0.4 is 4.74 Å². The van der Waals surface area contributed by atoms with Crippen molar-refractivity contribution in [1.29, 1.82) is 0 Å². The topological polar surface area (TPSA) is 66.8 Å². The predicted octanol–water partition coefficient (Wildman–Crippen LogP) is 1.73. The van der Waals surface area contributed by atoms with Crippen LogP contribution in [0.1, 0.15) is 24.8 Å². The van der Waals surface area contributed by atoms with Gasteiger partial charge in [0, 0.05) is 13.6 Å². The number of likely N-dealkylation sites (N-methyl/N-ethyl adjacent to an activating group) is 1. The minimum atomic E-state index is -0.906. The Bertz CT molecular complexity index is 441. The first-order valence-electron chi connectivity index (χ1n) is 6.06. The minimum absolute atomic E-state index is 0.0441. The van der Waals surface area contributed by atoms with Crippen molar-refractivity contribution >= 4 is 11.9 Å². The first kappa shape index (κ1) is 15.0. The van der Waals surface area contributed by atoms with Gasteiger partial charge in [-0.05, 0) is 24.6 Å². The summed E-state index contributed by atoms with van der Waals surface area (Å²) in [5, 5.41) is 8.61. The molecule has 19 heavy (non-hydrogen) atoms. The monoisotopic (exact) mass is 265 g/mol. The van der Waals surface area contributed by atoms with Crippen molar-refractivity contribution in [1.82, 2.24) is 4.90 Å². The lowest BCUT2D eigenvalue weighted by Crippen LogP contribution is -2.32. The molecule has 0 saturated heterocycles. The molecule has 1 atom stereocenters. The molecule has 0 spiro atoms. The van der Waals surface area contributed by atoms with E-state index in [1.54, 1.807) is 33.2 Å². The molecule has 5 nitrogen and oxygen atoms in total. The Morgan fingerprint density at radius 1 is 1.32 bits per heavy atom. The van der Waals surface area contributed by atoms with Gasteiger partial charge < -0.3 is 14.7 Å². The molecule has 0 heterocycles. The quantitative estimate of drug-likeness (QED) is 0.850. The average molecular weight is 265 g/mol. The summed E-state index contributed by atoms with van der Waals surface area (Å²) in [5.74, 6) is -0.560. The van der Waals surface area contributed by atoms with E-state index in [1.165, 1.54) is 4.90 Å². The summed E-state index contributed by atoms with van der Waals surface area (Å²) >= 11 is 0. The fraction of sp³-hybridized carbons (Fsp3) is 0.429. The normalized spacial score (nSPS) is 11.7. The molecule has 1 aromatic rings. The van der Waals surface area contributed by atoms with Crippen LogP contribution in [0.4, 0.5) is 0 Å². The van der Waals surface area contributed by atoms with Crippen molar-refractivity contribution in [2.24, 2.45) is 0 Å². The molecule has 0 saturated carbocycles. The van der Waals surface area contributed by atoms with Gasteiger partial charge in [0.2, 0.25) is 5.91 Å². The van der Waals surface area contributed by atoms with E-state index in [9.17, 15) is 9.59 Å². The highest BCUT2D eigenvalue weighted by atomic mass is 16.5. The van der Waals surface area contributed by atoms with Crippen LogP contribution in [0.25, 0.3) is 0 Å². The van der Waals surface area contributed by atoms with Crippen molar-refractivity contribution in [3.8, 4) is 5.75 Å². The molecule has 1 rings (SSSR count). The molecule has 0 fully saturated rings. The molecule has 1 amide bonds. The first-order valence-corrected chi connectivity index (χ1v) is 6.06. The molecular weight excluding hydrogens is 246 g/mol. The molecule has 0 aliphatic heterocycles. The van der Waals surface area contributed by atoms with Gasteiger partial charge >= 0.3 is 5.97 Å². The molecule has 1 aromatic carbocycles. The highest BCUT2D eigenvalue weighted by molar-refractivity contribution is 5.83. The number of carboxylic acids is 1. The average Bonchev–Trinajstić information content (AvgIpc) is 2.43. The molecular formula is C14H19NO4. The third-order valence-electron chi connectivity index (χ3n) is 3.02. The van der Waals surface area contributed by atoms with Gasteiger partial charge in [0.25, 0.3) is 0 Å². The third-order valence-corrected chi connectivity index (χ3v) is 3.02. The molecule has 0 aliphatic carbocycles. The molecule has 0 bridgehead atoms. The van der Waals surface area contributed by atoms with Crippen LogP contribution >= 0.6 is 0 Å². The van der Waals surface area contributed by atoms with Crippen molar-refractivity contribution in [3.05, 3.63) is 29.8 Å². The Kier molecular flexibility index (Phi) is 5.36. The maximum Gasteiger partial charge on any atom is 0.305 e. The summed E-state index contributed by atoms with van der Waals surface area (Å²) in [5.41, 5.74) is 0.882. The van der Waals surface area contributed by atoms with E-state index in [2.05, 4.69) is 0 Å². The van der Waals surface area contributed by atoms with Crippen molar-refractivity contribution in [2.75, 3.05) is 20.7 Å². The summed E-state index contributed by atoms with van der Waals surface area (Å²) in [6, 6.07) is 7.28. The Balaban J connectivity index is 2.66. The lowest BCUT2D eigenvalue weighted by Gasteiger charge is -2.21. The second-order valence-electron chi connectivity index (χ2n) is 4.40. The van der Waals surface area contributed by atoms with Gasteiger partial charge in [-0.3, -0.25) is 9.59 Å².